The minimum absolute atomic E-state index is 0.00243. The molecule has 3 aliphatic rings. The quantitative estimate of drug-likeness (QED) is 0.558. The maximum absolute atomic E-state index is 13.9. The Kier molecular flexibility index (Phi) is 7.72. The van der Waals surface area contributed by atoms with Gasteiger partial charge in [-0.25, -0.2) is 0 Å². The maximum atomic E-state index is 13.9. The Morgan fingerprint density at radius 2 is 1.33 bits per heavy atom. The maximum Gasteiger partial charge on any atom is 0.260 e. The average molecular weight is 534 g/mol. The van der Waals surface area contributed by atoms with Crippen LogP contribution in [-0.2, 0) is 19.2 Å². The summed E-state index contributed by atoms with van der Waals surface area (Å²) in [4.78, 5) is 60.6. The SMILES string of the molecule is CC(=O)N1CCN(C(=O)CN2CN(c3ccccc3)C3(CCN(C(=O)COc4ccccc4)CC3)C2=O)CC1. The van der Waals surface area contributed by atoms with Crippen LogP contribution in [0.3, 0.4) is 0 Å². The summed E-state index contributed by atoms with van der Waals surface area (Å²) < 4.78 is 5.65. The molecule has 1 spiro atoms. The minimum Gasteiger partial charge on any atom is -0.484 e. The molecule has 5 rings (SSSR count). The molecule has 0 N–H and O–H groups in total. The molecule has 2 aromatic rings. The standard InChI is InChI=1S/C29H35N5O5/c1-23(35)30-16-18-32(19-17-30)26(36)20-33-22-34(24-8-4-2-5-9-24)29(28(33)38)12-14-31(15-13-29)27(37)21-39-25-10-6-3-7-11-25/h2-11H,12-22H2,1H3. The van der Waals surface area contributed by atoms with E-state index in [4.69, 9.17) is 4.74 Å². The molecule has 0 bridgehead atoms. The first-order valence-electron chi connectivity index (χ1n) is 13.5. The number of benzene rings is 2. The predicted molar refractivity (Wildman–Crippen MR) is 145 cm³/mol. The lowest BCUT2D eigenvalue weighted by Crippen LogP contribution is -2.58. The first kappa shape index (κ1) is 26.5. The molecule has 206 valence electrons. The lowest BCUT2D eigenvalue weighted by atomic mass is 9.85. The molecular weight excluding hydrogens is 498 g/mol. The number of carbonyl (C=O) groups is 4. The number of carbonyl (C=O) groups excluding carboxylic acids is 4. The smallest absolute Gasteiger partial charge is 0.260 e. The third kappa shape index (κ3) is 5.55. The van der Waals surface area contributed by atoms with E-state index in [1.807, 2.05) is 60.7 Å². The number of nitrogens with zero attached hydrogens (tertiary/aromatic N) is 5. The summed E-state index contributed by atoms with van der Waals surface area (Å²) in [6.07, 6.45) is 0.944. The van der Waals surface area contributed by atoms with Gasteiger partial charge in [-0.15, -0.1) is 0 Å². The van der Waals surface area contributed by atoms with E-state index in [1.54, 1.807) is 19.6 Å². The number of likely N-dealkylation sites (tertiary alicyclic amines) is 1. The number of piperazine rings is 1. The van der Waals surface area contributed by atoms with E-state index in [1.165, 1.54) is 6.92 Å². The van der Waals surface area contributed by atoms with Gasteiger partial charge in [0.15, 0.2) is 6.61 Å². The molecule has 3 saturated heterocycles. The summed E-state index contributed by atoms with van der Waals surface area (Å²) in [5, 5.41) is 0. The van der Waals surface area contributed by atoms with Crippen LogP contribution in [0.1, 0.15) is 19.8 Å². The molecule has 3 heterocycles. The summed E-state index contributed by atoms with van der Waals surface area (Å²) >= 11 is 0. The fraction of sp³-hybridized carbons (Fsp3) is 0.448. The molecule has 4 amide bonds. The van der Waals surface area contributed by atoms with Crippen LogP contribution in [0.25, 0.3) is 0 Å². The van der Waals surface area contributed by atoms with Crippen molar-refractivity contribution in [3.05, 3.63) is 60.7 Å². The van der Waals surface area contributed by atoms with Crippen molar-refractivity contribution in [2.24, 2.45) is 0 Å². The van der Waals surface area contributed by atoms with Gasteiger partial charge in [0.05, 0.1) is 6.67 Å². The molecule has 10 nitrogen and oxygen atoms in total. The summed E-state index contributed by atoms with van der Waals surface area (Å²) in [5.41, 5.74) is 0.106. The molecule has 3 aliphatic heterocycles. The number of piperidine rings is 1. The van der Waals surface area contributed by atoms with Crippen LogP contribution in [0.5, 0.6) is 5.75 Å². The van der Waals surface area contributed by atoms with Crippen LogP contribution >= 0.6 is 0 Å². The van der Waals surface area contributed by atoms with Gasteiger partial charge in [-0.3, -0.25) is 19.2 Å². The highest BCUT2D eigenvalue weighted by atomic mass is 16.5. The Balaban J connectivity index is 1.25. The molecule has 3 fully saturated rings. The van der Waals surface area contributed by atoms with E-state index < -0.39 is 5.54 Å². The van der Waals surface area contributed by atoms with E-state index in [9.17, 15) is 19.2 Å². The molecule has 2 aromatic carbocycles. The van der Waals surface area contributed by atoms with Gasteiger partial charge < -0.3 is 29.2 Å². The zero-order chi connectivity index (χ0) is 27.4. The van der Waals surface area contributed by atoms with Crippen molar-refractivity contribution in [2.75, 3.05) is 64.0 Å². The van der Waals surface area contributed by atoms with E-state index in [2.05, 4.69) is 4.90 Å². The van der Waals surface area contributed by atoms with Gasteiger partial charge in [0.1, 0.15) is 17.8 Å². The fourth-order valence-electron chi connectivity index (χ4n) is 5.74. The normalized spacial score (nSPS) is 19.0. The van der Waals surface area contributed by atoms with Crippen molar-refractivity contribution in [3.63, 3.8) is 0 Å². The number of hydrogen-bond acceptors (Lipinski definition) is 6. The van der Waals surface area contributed by atoms with Crippen LogP contribution in [0.15, 0.2) is 60.7 Å². The van der Waals surface area contributed by atoms with E-state index in [0.29, 0.717) is 64.5 Å². The van der Waals surface area contributed by atoms with Crippen LogP contribution in [0.2, 0.25) is 0 Å². The molecule has 0 atom stereocenters. The summed E-state index contributed by atoms with van der Waals surface area (Å²) in [6.45, 7) is 4.61. The summed E-state index contributed by atoms with van der Waals surface area (Å²) in [6, 6.07) is 19.0. The molecule has 10 heteroatoms. The second kappa shape index (κ2) is 11.3. The molecule has 39 heavy (non-hydrogen) atoms. The monoisotopic (exact) mass is 533 g/mol. The minimum atomic E-state index is -0.813. The van der Waals surface area contributed by atoms with E-state index in [0.717, 1.165) is 5.69 Å². The van der Waals surface area contributed by atoms with Crippen LogP contribution in [0, 0.1) is 0 Å². The van der Waals surface area contributed by atoms with Gasteiger partial charge in [-0.1, -0.05) is 36.4 Å². The number of para-hydroxylation sites is 2. The van der Waals surface area contributed by atoms with Gasteiger partial charge in [-0.05, 0) is 37.1 Å². The molecule has 0 unspecified atom stereocenters. The van der Waals surface area contributed by atoms with Gasteiger partial charge >= 0.3 is 0 Å². The van der Waals surface area contributed by atoms with Crippen molar-refractivity contribution < 1.29 is 23.9 Å². The molecule has 0 aliphatic carbocycles. The highest BCUT2D eigenvalue weighted by Gasteiger charge is 2.54. The summed E-state index contributed by atoms with van der Waals surface area (Å²) in [7, 11) is 0. The van der Waals surface area contributed by atoms with Gasteiger partial charge in [-0.2, -0.15) is 0 Å². The third-order valence-electron chi connectivity index (χ3n) is 8.03. The number of rotatable bonds is 6. The van der Waals surface area contributed by atoms with Crippen LogP contribution < -0.4 is 9.64 Å². The van der Waals surface area contributed by atoms with Crippen molar-refractivity contribution in [3.8, 4) is 5.75 Å². The zero-order valence-corrected chi connectivity index (χ0v) is 22.3. The second-order valence-corrected chi connectivity index (χ2v) is 10.3. The second-order valence-electron chi connectivity index (χ2n) is 10.3. The lowest BCUT2D eigenvalue weighted by molar-refractivity contribution is -0.144. The van der Waals surface area contributed by atoms with Crippen LogP contribution in [0.4, 0.5) is 5.69 Å². The largest absolute Gasteiger partial charge is 0.484 e. The van der Waals surface area contributed by atoms with Crippen molar-refractivity contribution in [1.29, 1.82) is 0 Å². The number of amides is 4. The molecule has 0 saturated carbocycles. The van der Waals surface area contributed by atoms with E-state index >= 15 is 0 Å². The Morgan fingerprint density at radius 1 is 0.769 bits per heavy atom. The van der Waals surface area contributed by atoms with Gasteiger partial charge in [0, 0.05) is 51.9 Å². The van der Waals surface area contributed by atoms with E-state index in [-0.39, 0.29) is 36.8 Å². The molecule has 0 radical (unpaired) electrons. The Hall–Kier alpha value is -4.08. The van der Waals surface area contributed by atoms with Gasteiger partial charge in [0.2, 0.25) is 11.8 Å². The highest BCUT2D eigenvalue weighted by Crippen LogP contribution is 2.39. The van der Waals surface area contributed by atoms with Crippen LogP contribution in [-0.4, -0.2) is 108 Å². The molecular formula is C29H35N5O5. The van der Waals surface area contributed by atoms with Gasteiger partial charge in [0.25, 0.3) is 11.8 Å². The van der Waals surface area contributed by atoms with Crippen molar-refractivity contribution >= 4 is 29.3 Å². The lowest BCUT2D eigenvalue weighted by Gasteiger charge is -2.43. The first-order chi connectivity index (χ1) is 18.9. The number of anilines is 1. The highest BCUT2D eigenvalue weighted by molar-refractivity contribution is 5.96. The average Bonchev–Trinajstić information content (AvgIpc) is 3.23. The molecule has 0 aromatic heterocycles. The Labute approximate surface area is 228 Å². The summed E-state index contributed by atoms with van der Waals surface area (Å²) in [5.74, 6) is 0.358. The first-order valence-corrected chi connectivity index (χ1v) is 13.5. The third-order valence-corrected chi connectivity index (χ3v) is 8.03. The Morgan fingerprint density at radius 3 is 1.95 bits per heavy atom. The van der Waals surface area contributed by atoms with Crippen molar-refractivity contribution in [2.45, 2.75) is 25.3 Å². The number of hydrogen-bond donors (Lipinski definition) is 0. The van der Waals surface area contributed by atoms with Crippen molar-refractivity contribution in [1.82, 2.24) is 19.6 Å². The zero-order valence-electron chi connectivity index (χ0n) is 22.3. The predicted octanol–water partition coefficient (Wildman–Crippen LogP) is 1.42. The fourth-order valence-corrected chi connectivity index (χ4v) is 5.74. The topological polar surface area (TPSA) is 93.7 Å². The Bertz CT molecular complexity index is 1190. The number of ether oxygens (including phenoxy) is 1.